The number of aromatic nitrogens is 4. The second kappa shape index (κ2) is 4.13. The van der Waals surface area contributed by atoms with E-state index in [1.54, 1.807) is 25.0 Å². The SMILES string of the molecule is CNc1ncc(F)c(Oc2cnn(C)c2)n1. The van der Waals surface area contributed by atoms with Crippen molar-refractivity contribution >= 4 is 5.95 Å². The molecule has 2 heterocycles. The average Bonchev–Trinajstić information content (AvgIpc) is 2.67. The summed E-state index contributed by atoms with van der Waals surface area (Å²) in [5.74, 6) is -0.0438. The lowest BCUT2D eigenvalue weighted by atomic mass is 10.5. The molecule has 2 rings (SSSR count). The number of aryl methyl sites for hydroxylation is 1. The van der Waals surface area contributed by atoms with Crippen LogP contribution in [0.1, 0.15) is 0 Å². The predicted molar refractivity (Wildman–Crippen MR) is 54.8 cm³/mol. The molecule has 2 aromatic rings. The number of rotatable bonds is 3. The maximum absolute atomic E-state index is 13.3. The minimum absolute atomic E-state index is 0.132. The third-order valence-electron chi connectivity index (χ3n) is 1.83. The van der Waals surface area contributed by atoms with Crippen LogP contribution in [0.15, 0.2) is 18.6 Å². The third-order valence-corrected chi connectivity index (χ3v) is 1.83. The number of anilines is 1. The summed E-state index contributed by atoms with van der Waals surface area (Å²) in [6.07, 6.45) is 4.13. The highest BCUT2D eigenvalue weighted by molar-refractivity contribution is 5.30. The Hall–Kier alpha value is -2.18. The average molecular weight is 223 g/mol. The minimum atomic E-state index is -0.622. The van der Waals surface area contributed by atoms with Gasteiger partial charge in [0.05, 0.1) is 18.6 Å². The topological polar surface area (TPSA) is 64.9 Å². The molecule has 0 saturated carbocycles. The fourth-order valence-electron chi connectivity index (χ4n) is 1.11. The molecule has 0 fully saturated rings. The van der Waals surface area contributed by atoms with E-state index in [9.17, 15) is 4.39 Å². The van der Waals surface area contributed by atoms with Gasteiger partial charge in [-0.3, -0.25) is 4.68 Å². The Kier molecular flexibility index (Phi) is 2.67. The van der Waals surface area contributed by atoms with E-state index >= 15 is 0 Å². The van der Waals surface area contributed by atoms with Gasteiger partial charge in [-0.15, -0.1) is 0 Å². The number of hydrogen-bond donors (Lipinski definition) is 1. The summed E-state index contributed by atoms with van der Waals surface area (Å²) in [4.78, 5) is 7.55. The molecule has 2 aromatic heterocycles. The Morgan fingerprint density at radius 3 is 2.88 bits per heavy atom. The molecule has 0 bridgehead atoms. The Balaban J connectivity index is 2.26. The fourth-order valence-corrected chi connectivity index (χ4v) is 1.11. The molecule has 0 aliphatic heterocycles. The van der Waals surface area contributed by atoms with Crippen LogP contribution in [0.2, 0.25) is 0 Å². The molecule has 0 radical (unpaired) electrons. The van der Waals surface area contributed by atoms with Crippen LogP contribution in [-0.4, -0.2) is 26.8 Å². The molecule has 84 valence electrons. The zero-order chi connectivity index (χ0) is 11.5. The van der Waals surface area contributed by atoms with Gasteiger partial charge in [0, 0.05) is 14.1 Å². The van der Waals surface area contributed by atoms with Crippen molar-refractivity contribution in [1.82, 2.24) is 19.7 Å². The van der Waals surface area contributed by atoms with E-state index in [0.717, 1.165) is 6.20 Å². The van der Waals surface area contributed by atoms with Crippen molar-refractivity contribution in [3.05, 3.63) is 24.4 Å². The van der Waals surface area contributed by atoms with Gasteiger partial charge < -0.3 is 10.1 Å². The largest absolute Gasteiger partial charge is 0.433 e. The van der Waals surface area contributed by atoms with Gasteiger partial charge in [0.2, 0.25) is 11.8 Å². The molecule has 0 atom stereocenters. The van der Waals surface area contributed by atoms with Crippen LogP contribution in [0.3, 0.4) is 0 Å². The van der Waals surface area contributed by atoms with Crippen molar-refractivity contribution in [2.75, 3.05) is 12.4 Å². The molecule has 0 amide bonds. The summed E-state index contributed by atoms with van der Waals surface area (Å²) in [5, 5.41) is 6.59. The van der Waals surface area contributed by atoms with Gasteiger partial charge in [0.25, 0.3) is 5.88 Å². The zero-order valence-corrected chi connectivity index (χ0v) is 8.81. The first-order chi connectivity index (χ1) is 7.69. The number of halogens is 1. The smallest absolute Gasteiger partial charge is 0.260 e. The Morgan fingerprint density at radius 2 is 2.25 bits per heavy atom. The molecule has 0 aromatic carbocycles. The van der Waals surface area contributed by atoms with Gasteiger partial charge >= 0.3 is 0 Å². The zero-order valence-electron chi connectivity index (χ0n) is 8.81. The van der Waals surface area contributed by atoms with Crippen LogP contribution in [0.25, 0.3) is 0 Å². The first kappa shape index (κ1) is 10.3. The van der Waals surface area contributed by atoms with Gasteiger partial charge in [0.1, 0.15) is 0 Å². The van der Waals surface area contributed by atoms with Gasteiger partial charge in [-0.05, 0) is 0 Å². The second-order valence-corrected chi connectivity index (χ2v) is 3.05. The van der Waals surface area contributed by atoms with Crippen LogP contribution in [0, 0.1) is 5.82 Å². The van der Waals surface area contributed by atoms with Crippen LogP contribution < -0.4 is 10.1 Å². The van der Waals surface area contributed by atoms with Crippen molar-refractivity contribution in [2.45, 2.75) is 0 Å². The highest BCUT2D eigenvalue weighted by Crippen LogP contribution is 2.21. The molecule has 6 nitrogen and oxygen atoms in total. The van der Waals surface area contributed by atoms with Crippen LogP contribution in [-0.2, 0) is 7.05 Å². The summed E-state index contributed by atoms with van der Waals surface area (Å²) in [5.41, 5.74) is 0. The number of nitrogens with zero attached hydrogens (tertiary/aromatic N) is 4. The quantitative estimate of drug-likeness (QED) is 0.846. The standard InChI is InChI=1S/C9H10FN5O/c1-11-9-12-4-7(10)8(14-9)16-6-3-13-15(2)5-6/h3-5H,1-2H3,(H,11,12,14). The lowest BCUT2D eigenvalue weighted by Gasteiger charge is -2.04. The maximum atomic E-state index is 13.3. The van der Waals surface area contributed by atoms with E-state index in [-0.39, 0.29) is 5.88 Å². The molecule has 0 saturated heterocycles. The van der Waals surface area contributed by atoms with E-state index in [1.807, 2.05) is 0 Å². The van der Waals surface area contributed by atoms with Gasteiger partial charge in [-0.2, -0.15) is 14.5 Å². The summed E-state index contributed by atoms with van der Waals surface area (Å²) in [7, 11) is 3.38. The minimum Gasteiger partial charge on any atom is -0.433 e. The third kappa shape index (κ3) is 2.08. The Morgan fingerprint density at radius 1 is 1.44 bits per heavy atom. The normalized spacial score (nSPS) is 10.2. The Labute approximate surface area is 91.1 Å². The molecule has 0 aliphatic rings. The van der Waals surface area contributed by atoms with E-state index in [4.69, 9.17) is 4.74 Å². The summed E-state index contributed by atoms with van der Waals surface area (Å²) < 4.78 is 20.1. The van der Waals surface area contributed by atoms with E-state index in [1.165, 1.54) is 6.20 Å². The summed E-state index contributed by atoms with van der Waals surface area (Å²) >= 11 is 0. The van der Waals surface area contributed by atoms with Crippen molar-refractivity contribution in [1.29, 1.82) is 0 Å². The summed E-state index contributed by atoms with van der Waals surface area (Å²) in [6.45, 7) is 0. The van der Waals surface area contributed by atoms with E-state index < -0.39 is 5.82 Å². The highest BCUT2D eigenvalue weighted by Gasteiger charge is 2.09. The molecule has 1 N–H and O–H groups in total. The molecular formula is C9H10FN5O. The molecule has 0 unspecified atom stereocenters. The van der Waals surface area contributed by atoms with Gasteiger partial charge in [-0.25, -0.2) is 4.98 Å². The molecule has 0 aliphatic carbocycles. The van der Waals surface area contributed by atoms with E-state index in [0.29, 0.717) is 11.7 Å². The maximum Gasteiger partial charge on any atom is 0.260 e. The van der Waals surface area contributed by atoms with Crippen LogP contribution >= 0.6 is 0 Å². The second-order valence-electron chi connectivity index (χ2n) is 3.05. The lowest BCUT2D eigenvalue weighted by molar-refractivity contribution is 0.420. The van der Waals surface area contributed by atoms with Crippen molar-refractivity contribution in [2.24, 2.45) is 7.05 Å². The van der Waals surface area contributed by atoms with Crippen molar-refractivity contribution < 1.29 is 9.13 Å². The number of nitrogens with one attached hydrogen (secondary N) is 1. The first-order valence-corrected chi connectivity index (χ1v) is 4.56. The van der Waals surface area contributed by atoms with Crippen LogP contribution in [0.5, 0.6) is 11.6 Å². The molecule has 7 heteroatoms. The molecular weight excluding hydrogens is 213 g/mol. The van der Waals surface area contributed by atoms with Gasteiger partial charge in [0.15, 0.2) is 5.75 Å². The predicted octanol–water partition coefficient (Wildman–Crippen LogP) is 1.18. The Bertz CT molecular complexity index is 498. The van der Waals surface area contributed by atoms with Crippen molar-refractivity contribution in [3.8, 4) is 11.6 Å². The highest BCUT2D eigenvalue weighted by atomic mass is 19.1. The van der Waals surface area contributed by atoms with Crippen molar-refractivity contribution in [3.63, 3.8) is 0 Å². The monoisotopic (exact) mass is 223 g/mol. The molecule has 16 heavy (non-hydrogen) atoms. The van der Waals surface area contributed by atoms with Crippen LogP contribution in [0.4, 0.5) is 10.3 Å². The number of hydrogen-bond acceptors (Lipinski definition) is 5. The van der Waals surface area contributed by atoms with E-state index in [2.05, 4.69) is 20.4 Å². The fraction of sp³-hybridized carbons (Fsp3) is 0.222. The molecule has 0 spiro atoms. The number of ether oxygens (including phenoxy) is 1. The van der Waals surface area contributed by atoms with Gasteiger partial charge in [-0.1, -0.05) is 0 Å². The lowest BCUT2D eigenvalue weighted by Crippen LogP contribution is -1.99. The first-order valence-electron chi connectivity index (χ1n) is 4.56. The summed E-state index contributed by atoms with van der Waals surface area (Å²) in [6, 6.07) is 0.